The topological polar surface area (TPSA) is 67.3 Å². The summed E-state index contributed by atoms with van der Waals surface area (Å²) >= 11 is 0. The molecule has 0 aliphatic carbocycles. The monoisotopic (exact) mass is 270 g/mol. The zero-order valence-corrected chi connectivity index (χ0v) is 11.2. The third-order valence-electron chi connectivity index (χ3n) is 3.60. The molecule has 3 rings (SSSR count). The van der Waals surface area contributed by atoms with Crippen LogP contribution in [0.1, 0.15) is 24.8 Å². The quantitative estimate of drug-likeness (QED) is 0.821. The summed E-state index contributed by atoms with van der Waals surface area (Å²) in [4.78, 5) is 4.11. The standard InChI is InChI=1S/C15H18N4O/c16-19-9-4-3-6-13(19)15(18-10-8-17-11-18)12-5-1-2-7-14(12)20/h1-2,5,7-8,10-11,20H,3-4,6,9,16H2. The van der Waals surface area contributed by atoms with Gasteiger partial charge in [-0.05, 0) is 31.4 Å². The molecule has 0 saturated carbocycles. The number of para-hydroxylation sites is 1. The van der Waals surface area contributed by atoms with Crippen LogP contribution in [0.2, 0.25) is 0 Å². The molecule has 5 heteroatoms. The average Bonchev–Trinajstić information content (AvgIpc) is 2.97. The first-order chi connectivity index (χ1) is 9.77. The zero-order valence-electron chi connectivity index (χ0n) is 11.2. The largest absolute Gasteiger partial charge is 0.507 e. The van der Waals surface area contributed by atoms with Gasteiger partial charge in [-0.3, -0.25) is 0 Å². The summed E-state index contributed by atoms with van der Waals surface area (Å²) in [6.07, 6.45) is 8.43. The lowest BCUT2D eigenvalue weighted by atomic mass is 10.0. The van der Waals surface area contributed by atoms with Crippen LogP contribution in [-0.4, -0.2) is 26.2 Å². The molecule has 0 spiro atoms. The number of nitrogens with zero attached hydrogens (tertiary/aromatic N) is 3. The van der Waals surface area contributed by atoms with E-state index in [1.807, 2.05) is 29.0 Å². The van der Waals surface area contributed by atoms with Gasteiger partial charge in [0.05, 0.1) is 17.7 Å². The molecule has 2 aromatic rings. The number of phenols is 1. The van der Waals surface area contributed by atoms with Crippen molar-refractivity contribution in [3.05, 3.63) is 54.2 Å². The van der Waals surface area contributed by atoms with Crippen LogP contribution in [-0.2, 0) is 0 Å². The Morgan fingerprint density at radius 3 is 2.80 bits per heavy atom. The highest BCUT2D eigenvalue weighted by molar-refractivity contribution is 5.72. The summed E-state index contributed by atoms with van der Waals surface area (Å²) in [5.74, 6) is 6.39. The molecule has 3 N–H and O–H groups in total. The molecule has 2 heterocycles. The number of allylic oxidation sites excluding steroid dienone is 1. The second-order valence-corrected chi connectivity index (χ2v) is 4.93. The summed E-state index contributed by atoms with van der Waals surface area (Å²) in [5.41, 5.74) is 2.72. The minimum Gasteiger partial charge on any atom is -0.507 e. The van der Waals surface area contributed by atoms with Gasteiger partial charge in [-0.15, -0.1) is 0 Å². The van der Waals surface area contributed by atoms with Crippen LogP contribution in [0.5, 0.6) is 5.75 Å². The van der Waals surface area contributed by atoms with E-state index in [1.165, 1.54) is 0 Å². The molecule has 0 atom stereocenters. The Morgan fingerprint density at radius 1 is 1.25 bits per heavy atom. The lowest BCUT2D eigenvalue weighted by molar-refractivity contribution is 0.300. The van der Waals surface area contributed by atoms with Gasteiger partial charge in [-0.1, -0.05) is 12.1 Å². The Bertz CT molecular complexity index is 619. The first kappa shape index (κ1) is 12.7. The number of piperidine rings is 1. The van der Waals surface area contributed by atoms with Gasteiger partial charge in [-0.25, -0.2) is 10.8 Å². The molecular weight excluding hydrogens is 252 g/mol. The Balaban J connectivity index is 2.19. The van der Waals surface area contributed by atoms with E-state index >= 15 is 0 Å². The van der Waals surface area contributed by atoms with E-state index in [9.17, 15) is 5.11 Å². The number of hydrogen-bond acceptors (Lipinski definition) is 4. The van der Waals surface area contributed by atoms with E-state index in [0.717, 1.165) is 42.8 Å². The lowest BCUT2D eigenvalue weighted by Gasteiger charge is -2.30. The Kier molecular flexibility index (Phi) is 3.43. The first-order valence-corrected chi connectivity index (χ1v) is 6.79. The molecule has 1 aliphatic heterocycles. The van der Waals surface area contributed by atoms with Crippen LogP contribution >= 0.6 is 0 Å². The van der Waals surface area contributed by atoms with Crippen molar-refractivity contribution in [1.82, 2.24) is 14.6 Å². The minimum atomic E-state index is 0.252. The van der Waals surface area contributed by atoms with Gasteiger partial charge in [0.1, 0.15) is 5.75 Å². The van der Waals surface area contributed by atoms with Crippen LogP contribution in [0.15, 0.2) is 48.7 Å². The number of benzene rings is 1. The van der Waals surface area contributed by atoms with E-state index in [0.29, 0.717) is 0 Å². The second kappa shape index (κ2) is 5.38. The second-order valence-electron chi connectivity index (χ2n) is 4.93. The van der Waals surface area contributed by atoms with Gasteiger partial charge in [0, 0.05) is 24.5 Å². The fourth-order valence-corrected chi connectivity index (χ4v) is 2.62. The molecule has 1 fully saturated rings. The number of hydrazine groups is 1. The lowest BCUT2D eigenvalue weighted by Crippen LogP contribution is -2.35. The molecule has 104 valence electrons. The Hall–Kier alpha value is -2.27. The van der Waals surface area contributed by atoms with Crippen LogP contribution in [0, 0.1) is 0 Å². The highest BCUT2D eigenvalue weighted by atomic mass is 16.3. The normalized spacial score (nSPS) is 18.1. The molecule has 0 bridgehead atoms. The predicted molar refractivity (Wildman–Crippen MR) is 77.4 cm³/mol. The minimum absolute atomic E-state index is 0.252. The van der Waals surface area contributed by atoms with Crippen molar-refractivity contribution < 1.29 is 5.11 Å². The maximum absolute atomic E-state index is 10.2. The maximum atomic E-state index is 10.2. The summed E-state index contributed by atoms with van der Waals surface area (Å²) in [6, 6.07) is 7.32. The molecular formula is C15H18N4O. The SMILES string of the molecule is NN1CCCCC1=C(c1ccccc1O)n1ccnc1. The fraction of sp³-hybridized carbons (Fsp3) is 0.267. The molecule has 0 unspecified atom stereocenters. The smallest absolute Gasteiger partial charge is 0.124 e. The van der Waals surface area contributed by atoms with Crippen LogP contribution in [0.25, 0.3) is 5.70 Å². The van der Waals surface area contributed by atoms with E-state index in [1.54, 1.807) is 23.6 Å². The number of nitrogens with two attached hydrogens (primary N) is 1. The van der Waals surface area contributed by atoms with Gasteiger partial charge in [0.15, 0.2) is 0 Å². The van der Waals surface area contributed by atoms with E-state index in [4.69, 9.17) is 5.84 Å². The number of phenolic OH excluding ortho intramolecular Hbond substituents is 1. The van der Waals surface area contributed by atoms with Crippen LogP contribution < -0.4 is 5.84 Å². The van der Waals surface area contributed by atoms with Gasteiger partial charge >= 0.3 is 0 Å². The van der Waals surface area contributed by atoms with Crippen molar-refractivity contribution in [2.24, 2.45) is 5.84 Å². The Morgan fingerprint density at radius 2 is 2.10 bits per heavy atom. The molecule has 0 radical (unpaired) electrons. The van der Waals surface area contributed by atoms with Crippen molar-refractivity contribution >= 4 is 5.70 Å². The first-order valence-electron chi connectivity index (χ1n) is 6.79. The van der Waals surface area contributed by atoms with Crippen molar-refractivity contribution in [3.63, 3.8) is 0 Å². The molecule has 1 saturated heterocycles. The summed E-state index contributed by atoms with van der Waals surface area (Å²) in [7, 11) is 0. The van der Waals surface area contributed by atoms with Crippen LogP contribution in [0.3, 0.4) is 0 Å². The van der Waals surface area contributed by atoms with Gasteiger partial charge in [-0.2, -0.15) is 0 Å². The summed E-state index contributed by atoms with van der Waals surface area (Å²) < 4.78 is 1.91. The molecule has 1 aromatic carbocycles. The fourth-order valence-electron chi connectivity index (χ4n) is 2.62. The third-order valence-corrected chi connectivity index (χ3v) is 3.60. The zero-order chi connectivity index (χ0) is 13.9. The van der Waals surface area contributed by atoms with Crippen LogP contribution in [0.4, 0.5) is 0 Å². The number of hydrogen-bond donors (Lipinski definition) is 2. The summed E-state index contributed by atoms with van der Waals surface area (Å²) in [5, 5.41) is 12.0. The molecule has 20 heavy (non-hydrogen) atoms. The van der Waals surface area contributed by atoms with Crippen molar-refractivity contribution in [2.45, 2.75) is 19.3 Å². The van der Waals surface area contributed by atoms with Crippen molar-refractivity contribution in [2.75, 3.05) is 6.54 Å². The molecule has 0 amide bonds. The number of rotatable bonds is 2. The number of imidazole rings is 1. The third kappa shape index (κ3) is 2.28. The maximum Gasteiger partial charge on any atom is 0.124 e. The summed E-state index contributed by atoms with van der Waals surface area (Å²) in [6.45, 7) is 0.834. The van der Waals surface area contributed by atoms with Gasteiger partial charge in [0.25, 0.3) is 0 Å². The average molecular weight is 270 g/mol. The van der Waals surface area contributed by atoms with Gasteiger partial charge in [0.2, 0.25) is 0 Å². The molecule has 5 nitrogen and oxygen atoms in total. The van der Waals surface area contributed by atoms with Crippen molar-refractivity contribution in [1.29, 1.82) is 0 Å². The van der Waals surface area contributed by atoms with E-state index in [-0.39, 0.29) is 5.75 Å². The van der Waals surface area contributed by atoms with E-state index in [2.05, 4.69) is 4.98 Å². The highest BCUT2D eigenvalue weighted by Gasteiger charge is 2.20. The molecule has 1 aromatic heterocycles. The van der Waals surface area contributed by atoms with Gasteiger partial charge < -0.3 is 14.7 Å². The predicted octanol–water partition coefficient (Wildman–Crippen LogP) is 2.17. The molecule has 1 aliphatic rings. The van der Waals surface area contributed by atoms with E-state index < -0.39 is 0 Å². The Labute approximate surface area is 117 Å². The van der Waals surface area contributed by atoms with Crippen molar-refractivity contribution in [3.8, 4) is 5.75 Å². The highest BCUT2D eigenvalue weighted by Crippen LogP contribution is 2.32. The number of aromatic nitrogens is 2. The number of aromatic hydroxyl groups is 1.